The number of urea groups is 1. The maximum atomic E-state index is 12.6. The van der Waals surface area contributed by atoms with E-state index in [9.17, 15) is 14.4 Å². The van der Waals surface area contributed by atoms with Crippen molar-refractivity contribution in [3.05, 3.63) is 83.9 Å². The summed E-state index contributed by atoms with van der Waals surface area (Å²) in [5.74, 6) is -1.15. The minimum absolute atomic E-state index is 0.186. The molecule has 0 aromatic heterocycles. The molecule has 1 heterocycles. The fraction of sp³-hybridized carbons (Fsp3) is 0.136. The van der Waals surface area contributed by atoms with Gasteiger partial charge in [0.1, 0.15) is 5.41 Å². The van der Waals surface area contributed by atoms with Gasteiger partial charge < -0.3 is 0 Å². The Morgan fingerprint density at radius 2 is 1.07 bits per heavy atom. The van der Waals surface area contributed by atoms with E-state index in [1.807, 2.05) is 72.8 Å². The van der Waals surface area contributed by atoms with Crippen molar-refractivity contribution in [2.24, 2.45) is 5.41 Å². The fourth-order valence-electron chi connectivity index (χ4n) is 2.95. The lowest BCUT2D eigenvalue weighted by atomic mass is 9.77. The fourth-order valence-corrected chi connectivity index (χ4v) is 2.95. The van der Waals surface area contributed by atoms with Crippen LogP contribution in [0.5, 0.6) is 0 Å². The van der Waals surface area contributed by atoms with Crippen LogP contribution in [0.25, 0.3) is 12.2 Å². The van der Waals surface area contributed by atoms with E-state index >= 15 is 0 Å². The van der Waals surface area contributed by atoms with E-state index in [-0.39, 0.29) is 12.8 Å². The zero-order valence-electron chi connectivity index (χ0n) is 14.7. The highest BCUT2D eigenvalue weighted by molar-refractivity contribution is 6.19. The quantitative estimate of drug-likeness (QED) is 0.774. The molecule has 1 saturated heterocycles. The number of nitrogens with one attached hydrogen (secondary N) is 2. The first-order valence-corrected chi connectivity index (χ1v) is 8.70. The Balaban J connectivity index is 1.81. The second-order valence-electron chi connectivity index (χ2n) is 6.35. The van der Waals surface area contributed by atoms with Gasteiger partial charge >= 0.3 is 6.03 Å². The van der Waals surface area contributed by atoms with Gasteiger partial charge in [-0.15, -0.1) is 0 Å². The predicted molar refractivity (Wildman–Crippen MR) is 104 cm³/mol. The van der Waals surface area contributed by atoms with Gasteiger partial charge in [-0.3, -0.25) is 20.2 Å². The average molecular weight is 360 g/mol. The lowest BCUT2D eigenvalue weighted by Gasteiger charge is -2.32. The van der Waals surface area contributed by atoms with Crippen LogP contribution in [-0.2, 0) is 9.59 Å². The van der Waals surface area contributed by atoms with Crippen LogP contribution in [0.1, 0.15) is 24.0 Å². The Labute approximate surface area is 157 Å². The summed E-state index contributed by atoms with van der Waals surface area (Å²) in [6.07, 6.45) is 7.68. The summed E-state index contributed by atoms with van der Waals surface area (Å²) in [6, 6.07) is 18.4. The molecule has 4 amide bonds. The first-order valence-electron chi connectivity index (χ1n) is 8.70. The lowest BCUT2D eigenvalue weighted by molar-refractivity contribution is -0.144. The van der Waals surface area contributed by atoms with Gasteiger partial charge in [0.25, 0.3) is 0 Å². The van der Waals surface area contributed by atoms with Gasteiger partial charge in [0.15, 0.2) is 0 Å². The molecule has 27 heavy (non-hydrogen) atoms. The van der Waals surface area contributed by atoms with E-state index in [0.717, 1.165) is 11.1 Å². The molecule has 1 fully saturated rings. The summed E-state index contributed by atoms with van der Waals surface area (Å²) < 4.78 is 0. The molecule has 0 unspecified atom stereocenters. The molecule has 0 saturated carbocycles. The van der Waals surface area contributed by atoms with E-state index in [4.69, 9.17) is 0 Å². The maximum absolute atomic E-state index is 12.6. The van der Waals surface area contributed by atoms with Gasteiger partial charge in [0.05, 0.1) is 0 Å². The number of imide groups is 2. The maximum Gasteiger partial charge on any atom is 0.328 e. The van der Waals surface area contributed by atoms with Crippen molar-refractivity contribution in [3.8, 4) is 0 Å². The molecule has 0 aliphatic carbocycles. The molecule has 1 aliphatic heterocycles. The normalized spacial score (nSPS) is 16.5. The number of carbonyl (C=O) groups excluding carboxylic acids is 3. The minimum Gasteiger partial charge on any atom is -0.277 e. The Morgan fingerprint density at radius 1 is 0.667 bits per heavy atom. The van der Waals surface area contributed by atoms with Crippen molar-refractivity contribution in [1.29, 1.82) is 0 Å². The van der Waals surface area contributed by atoms with Crippen LogP contribution in [-0.4, -0.2) is 17.8 Å². The largest absolute Gasteiger partial charge is 0.328 e. The van der Waals surface area contributed by atoms with Gasteiger partial charge in [-0.05, 0) is 24.0 Å². The molecule has 136 valence electrons. The van der Waals surface area contributed by atoms with Gasteiger partial charge in [-0.1, -0.05) is 85.0 Å². The molecular weight excluding hydrogens is 340 g/mol. The van der Waals surface area contributed by atoms with Crippen molar-refractivity contribution in [2.75, 3.05) is 0 Å². The molecular formula is C22H20N2O3. The van der Waals surface area contributed by atoms with Crippen molar-refractivity contribution in [2.45, 2.75) is 12.8 Å². The van der Waals surface area contributed by atoms with Crippen molar-refractivity contribution < 1.29 is 14.4 Å². The van der Waals surface area contributed by atoms with E-state index < -0.39 is 23.3 Å². The number of rotatable bonds is 6. The third-order valence-electron chi connectivity index (χ3n) is 4.48. The average Bonchev–Trinajstić information content (AvgIpc) is 2.67. The molecule has 0 spiro atoms. The first-order chi connectivity index (χ1) is 13.1. The van der Waals surface area contributed by atoms with Crippen LogP contribution in [0.15, 0.2) is 72.8 Å². The molecule has 5 nitrogen and oxygen atoms in total. The van der Waals surface area contributed by atoms with Crippen molar-refractivity contribution in [3.63, 3.8) is 0 Å². The minimum atomic E-state index is -1.36. The second kappa shape index (κ2) is 8.27. The number of benzene rings is 2. The summed E-state index contributed by atoms with van der Waals surface area (Å²) in [4.78, 5) is 36.6. The summed E-state index contributed by atoms with van der Waals surface area (Å²) in [5.41, 5.74) is 0.588. The molecule has 2 N–H and O–H groups in total. The van der Waals surface area contributed by atoms with Crippen LogP contribution in [0, 0.1) is 5.41 Å². The Kier molecular flexibility index (Phi) is 5.61. The van der Waals surface area contributed by atoms with Crippen molar-refractivity contribution >= 4 is 30.0 Å². The van der Waals surface area contributed by atoms with Crippen LogP contribution < -0.4 is 10.6 Å². The predicted octanol–water partition coefficient (Wildman–Crippen LogP) is 3.55. The number of hydrogen-bond donors (Lipinski definition) is 2. The number of carbonyl (C=O) groups is 3. The van der Waals surface area contributed by atoms with Crippen molar-refractivity contribution in [1.82, 2.24) is 10.6 Å². The molecule has 0 radical (unpaired) electrons. The van der Waals surface area contributed by atoms with Gasteiger partial charge in [0.2, 0.25) is 11.8 Å². The van der Waals surface area contributed by atoms with E-state index in [1.54, 1.807) is 12.2 Å². The number of barbiturate groups is 1. The monoisotopic (exact) mass is 360 g/mol. The van der Waals surface area contributed by atoms with E-state index in [0.29, 0.717) is 0 Å². The smallest absolute Gasteiger partial charge is 0.277 e. The highest BCUT2D eigenvalue weighted by atomic mass is 16.2. The SMILES string of the molecule is O=C1NC(=O)C(C/C=C/c2ccccc2)(C/C=C/c2ccccc2)C(=O)N1. The molecule has 0 atom stereocenters. The van der Waals surface area contributed by atoms with Crippen LogP contribution in [0.3, 0.4) is 0 Å². The second-order valence-corrected chi connectivity index (χ2v) is 6.35. The molecule has 5 heteroatoms. The molecule has 0 bridgehead atoms. The molecule has 3 rings (SSSR count). The number of amides is 4. The summed E-state index contributed by atoms with van der Waals surface area (Å²) in [5, 5.41) is 4.44. The van der Waals surface area contributed by atoms with E-state index in [1.165, 1.54) is 0 Å². The van der Waals surface area contributed by atoms with Gasteiger partial charge in [-0.25, -0.2) is 4.79 Å². The third kappa shape index (κ3) is 4.39. The molecule has 2 aromatic carbocycles. The first kappa shape index (κ1) is 18.3. The number of hydrogen-bond acceptors (Lipinski definition) is 3. The molecule has 2 aromatic rings. The highest BCUT2D eigenvalue weighted by Gasteiger charge is 2.48. The highest BCUT2D eigenvalue weighted by Crippen LogP contribution is 2.31. The lowest BCUT2D eigenvalue weighted by Crippen LogP contribution is -2.62. The van der Waals surface area contributed by atoms with Crippen LogP contribution in [0.2, 0.25) is 0 Å². The van der Waals surface area contributed by atoms with Crippen LogP contribution in [0.4, 0.5) is 4.79 Å². The topological polar surface area (TPSA) is 75.3 Å². The Morgan fingerprint density at radius 3 is 1.48 bits per heavy atom. The van der Waals surface area contributed by atoms with Gasteiger partial charge in [-0.2, -0.15) is 0 Å². The Bertz CT molecular complexity index is 813. The third-order valence-corrected chi connectivity index (χ3v) is 4.48. The molecule has 1 aliphatic rings. The van der Waals surface area contributed by atoms with Crippen LogP contribution >= 0.6 is 0 Å². The Hall–Kier alpha value is -3.47. The zero-order valence-corrected chi connectivity index (χ0v) is 14.7. The number of allylic oxidation sites excluding steroid dienone is 2. The zero-order chi connectivity index (χ0) is 19.1. The summed E-state index contributed by atoms with van der Waals surface area (Å²) >= 11 is 0. The summed E-state index contributed by atoms with van der Waals surface area (Å²) in [7, 11) is 0. The van der Waals surface area contributed by atoms with E-state index in [2.05, 4.69) is 10.6 Å². The van der Waals surface area contributed by atoms with Gasteiger partial charge in [0, 0.05) is 0 Å². The summed E-state index contributed by atoms with van der Waals surface area (Å²) in [6.45, 7) is 0. The standard InChI is InChI=1S/C22H20N2O3/c25-19-22(20(26)24-21(27)23-19,15-7-13-17-9-3-1-4-10-17)16-8-14-18-11-5-2-6-12-18/h1-14H,15-16H2,(H2,23,24,25,26,27)/b13-7+,14-8+.